The molecule has 0 fully saturated rings. The lowest BCUT2D eigenvalue weighted by molar-refractivity contribution is -0.111. The molecule has 0 saturated carbocycles. The van der Waals surface area contributed by atoms with Crippen molar-refractivity contribution in [2.24, 2.45) is 0 Å². The average Bonchev–Trinajstić information content (AvgIpc) is 2.83. The molecule has 33 heavy (non-hydrogen) atoms. The fraction of sp³-hybridized carbons (Fsp3) is 0.154. The SMILES string of the molecule is CCOC(=O)c1ccccc1NC(=O)/C=C/c1ccc(OCc2ccc(Cl)cc2)c(OC)c1. The van der Waals surface area contributed by atoms with Crippen molar-refractivity contribution in [3.05, 3.63) is 94.5 Å². The second kappa shape index (κ2) is 11.7. The molecule has 0 radical (unpaired) electrons. The van der Waals surface area contributed by atoms with E-state index in [2.05, 4.69) is 5.32 Å². The first-order valence-corrected chi connectivity index (χ1v) is 10.7. The van der Waals surface area contributed by atoms with Crippen molar-refractivity contribution in [3.63, 3.8) is 0 Å². The van der Waals surface area contributed by atoms with Crippen LogP contribution in [0.3, 0.4) is 0 Å². The van der Waals surface area contributed by atoms with Crippen LogP contribution in [0.15, 0.2) is 72.8 Å². The lowest BCUT2D eigenvalue weighted by atomic mass is 10.1. The second-order valence-corrected chi connectivity index (χ2v) is 7.35. The summed E-state index contributed by atoms with van der Waals surface area (Å²) in [5, 5.41) is 3.38. The number of carbonyl (C=O) groups excluding carboxylic acids is 2. The Morgan fingerprint density at radius 2 is 1.76 bits per heavy atom. The lowest BCUT2D eigenvalue weighted by Gasteiger charge is -2.11. The predicted molar refractivity (Wildman–Crippen MR) is 129 cm³/mol. The van der Waals surface area contributed by atoms with Gasteiger partial charge in [0.15, 0.2) is 11.5 Å². The van der Waals surface area contributed by atoms with Gasteiger partial charge in [0.1, 0.15) is 6.61 Å². The fourth-order valence-electron chi connectivity index (χ4n) is 2.97. The lowest BCUT2D eigenvalue weighted by Crippen LogP contribution is -2.13. The van der Waals surface area contributed by atoms with Crippen LogP contribution in [0.25, 0.3) is 6.08 Å². The maximum atomic E-state index is 12.4. The molecular weight excluding hydrogens is 442 g/mol. The number of hydrogen-bond donors (Lipinski definition) is 1. The topological polar surface area (TPSA) is 73.9 Å². The molecule has 0 saturated heterocycles. The summed E-state index contributed by atoms with van der Waals surface area (Å²) in [6.45, 7) is 2.34. The summed E-state index contributed by atoms with van der Waals surface area (Å²) in [6.07, 6.45) is 3.03. The number of amides is 1. The Morgan fingerprint density at radius 1 is 1.00 bits per heavy atom. The molecular formula is C26H24ClNO5. The molecule has 7 heteroatoms. The molecule has 0 heterocycles. The molecule has 0 bridgehead atoms. The maximum Gasteiger partial charge on any atom is 0.340 e. The first-order valence-electron chi connectivity index (χ1n) is 10.3. The highest BCUT2D eigenvalue weighted by molar-refractivity contribution is 6.30. The molecule has 0 aliphatic heterocycles. The van der Waals surface area contributed by atoms with Crippen molar-refractivity contribution in [1.82, 2.24) is 0 Å². The van der Waals surface area contributed by atoms with Crippen molar-refractivity contribution in [2.75, 3.05) is 19.0 Å². The minimum absolute atomic E-state index is 0.252. The van der Waals surface area contributed by atoms with E-state index in [-0.39, 0.29) is 12.5 Å². The summed E-state index contributed by atoms with van der Waals surface area (Å²) in [7, 11) is 1.55. The summed E-state index contributed by atoms with van der Waals surface area (Å²) < 4.78 is 16.3. The van der Waals surface area contributed by atoms with E-state index in [0.717, 1.165) is 11.1 Å². The smallest absolute Gasteiger partial charge is 0.340 e. The summed E-state index contributed by atoms with van der Waals surface area (Å²) in [5.41, 5.74) is 2.41. The van der Waals surface area contributed by atoms with Crippen LogP contribution < -0.4 is 14.8 Å². The van der Waals surface area contributed by atoms with Crippen molar-refractivity contribution in [3.8, 4) is 11.5 Å². The Hall–Kier alpha value is -3.77. The molecule has 0 aliphatic rings. The average molecular weight is 466 g/mol. The van der Waals surface area contributed by atoms with Crippen molar-refractivity contribution < 1.29 is 23.8 Å². The number of para-hydroxylation sites is 1. The van der Waals surface area contributed by atoms with Gasteiger partial charge in [-0.1, -0.05) is 41.9 Å². The van der Waals surface area contributed by atoms with E-state index >= 15 is 0 Å². The number of ether oxygens (including phenoxy) is 3. The third-order valence-corrected chi connectivity index (χ3v) is 4.85. The highest BCUT2D eigenvalue weighted by Crippen LogP contribution is 2.29. The zero-order valence-electron chi connectivity index (χ0n) is 18.3. The number of rotatable bonds is 9. The van der Waals surface area contributed by atoms with Gasteiger partial charge >= 0.3 is 5.97 Å². The van der Waals surface area contributed by atoms with E-state index in [9.17, 15) is 9.59 Å². The van der Waals surface area contributed by atoms with Gasteiger partial charge in [-0.2, -0.15) is 0 Å². The Bertz CT molecular complexity index is 1140. The number of nitrogens with one attached hydrogen (secondary N) is 1. The summed E-state index contributed by atoms with van der Waals surface area (Å²) >= 11 is 5.91. The molecule has 3 aromatic carbocycles. The van der Waals surface area contributed by atoms with Crippen molar-refractivity contribution >= 4 is 35.2 Å². The van der Waals surface area contributed by atoms with Gasteiger partial charge in [0.05, 0.1) is 25.0 Å². The van der Waals surface area contributed by atoms with Crippen LogP contribution in [0.2, 0.25) is 5.02 Å². The van der Waals surface area contributed by atoms with Crippen molar-refractivity contribution in [1.29, 1.82) is 0 Å². The summed E-state index contributed by atoms with van der Waals surface area (Å²) in [4.78, 5) is 24.5. The molecule has 1 amide bonds. The minimum atomic E-state index is -0.490. The molecule has 0 spiro atoms. The van der Waals surface area contributed by atoms with E-state index in [1.807, 2.05) is 30.3 Å². The number of hydrogen-bond acceptors (Lipinski definition) is 5. The van der Waals surface area contributed by atoms with Crippen LogP contribution in [0.1, 0.15) is 28.4 Å². The summed E-state index contributed by atoms with van der Waals surface area (Å²) in [6, 6.07) is 19.5. The van der Waals surface area contributed by atoms with Gasteiger partial charge in [0.25, 0.3) is 0 Å². The monoisotopic (exact) mass is 465 g/mol. The first-order chi connectivity index (χ1) is 16.0. The molecule has 3 rings (SSSR count). The normalized spacial score (nSPS) is 10.6. The van der Waals surface area contributed by atoms with E-state index in [1.165, 1.54) is 6.08 Å². The van der Waals surface area contributed by atoms with Gasteiger partial charge in [-0.05, 0) is 60.5 Å². The molecule has 6 nitrogen and oxygen atoms in total. The van der Waals surface area contributed by atoms with Crippen molar-refractivity contribution in [2.45, 2.75) is 13.5 Å². The largest absolute Gasteiger partial charge is 0.493 e. The Morgan fingerprint density at radius 3 is 2.48 bits per heavy atom. The molecule has 1 N–H and O–H groups in total. The Labute approximate surface area is 197 Å². The molecule has 3 aromatic rings. The second-order valence-electron chi connectivity index (χ2n) is 6.91. The molecule has 0 atom stereocenters. The number of carbonyl (C=O) groups is 2. The van der Waals surface area contributed by atoms with Crippen LogP contribution in [0.4, 0.5) is 5.69 Å². The van der Waals surface area contributed by atoms with E-state index < -0.39 is 5.97 Å². The van der Waals surface area contributed by atoms with E-state index in [0.29, 0.717) is 34.4 Å². The minimum Gasteiger partial charge on any atom is -0.493 e. The summed E-state index contributed by atoms with van der Waals surface area (Å²) in [5.74, 6) is 0.252. The third kappa shape index (κ3) is 6.85. The predicted octanol–water partition coefficient (Wildman–Crippen LogP) is 5.76. The van der Waals surface area contributed by atoms with Gasteiger partial charge in [-0.3, -0.25) is 4.79 Å². The van der Waals surface area contributed by atoms with Gasteiger partial charge in [-0.15, -0.1) is 0 Å². The Kier molecular flexibility index (Phi) is 8.49. The number of anilines is 1. The number of benzene rings is 3. The van der Waals surface area contributed by atoms with Gasteiger partial charge < -0.3 is 19.5 Å². The van der Waals surface area contributed by atoms with Gasteiger partial charge in [0, 0.05) is 11.1 Å². The first kappa shape index (κ1) is 23.9. The Balaban J connectivity index is 1.65. The van der Waals surface area contributed by atoms with E-state index in [1.54, 1.807) is 56.5 Å². The zero-order valence-corrected chi connectivity index (χ0v) is 19.1. The van der Waals surface area contributed by atoms with Crippen LogP contribution in [0, 0.1) is 0 Å². The van der Waals surface area contributed by atoms with Crippen LogP contribution >= 0.6 is 11.6 Å². The van der Waals surface area contributed by atoms with Crippen LogP contribution in [-0.2, 0) is 16.1 Å². The standard InChI is InChI=1S/C26H24ClNO5/c1-3-32-26(30)21-6-4-5-7-22(21)28-25(29)15-11-18-10-14-23(24(16-18)31-2)33-17-19-8-12-20(27)13-9-19/h4-16H,3,17H2,1-2H3,(H,28,29)/b15-11+. The third-order valence-electron chi connectivity index (χ3n) is 4.60. The zero-order chi connectivity index (χ0) is 23.6. The number of esters is 1. The number of halogens is 1. The van der Waals surface area contributed by atoms with Crippen LogP contribution in [-0.4, -0.2) is 25.6 Å². The highest BCUT2D eigenvalue weighted by Gasteiger charge is 2.13. The molecule has 0 aliphatic carbocycles. The van der Waals surface area contributed by atoms with Gasteiger partial charge in [0.2, 0.25) is 5.91 Å². The quantitative estimate of drug-likeness (QED) is 0.321. The molecule has 0 aromatic heterocycles. The van der Waals surface area contributed by atoms with E-state index in [4.69, 9.17) is 25.8 Å². The maximum absolute atomic E-state index is 12.4. The fourth-order valence-corrected chi connectivity index (χ4v) is 3.10. The molecule has 170 valence electrons. The number of methoxy groups -OCH3 is 1. The molecule has 0 unspecified atom stereocenters. The highest BCUT2D eigenvalue weighted by atomic mass is 35.5. The van der Waals surface area contributed by atoms with Gasteiger partial charge in [-0.25, -0.2) is 4.79 Å². The van der Waals surface area contributed by atoms with Crippen LogP contribution in [0.5, 0.6) is 11.5 Å².